The second-order valence-electron chi connectivity index (χ2n) is 10.8. The van der Waals surface area contributed by atoms with E-state index in [9.17, 15) is 0 Å². The third-order valence-electron chi connectivity index (χ3n) is 7.53. The van der Waals surface area contributed by atoms with Crippen LogP contribution in [-0.4, -0.2) is 4.98 Å². The Labute approximate surface area is 209 Å². The molecule has 0 spiro atoms. The van der Waals surface area contributed by atoms with Crippen molar-refractivity contribution in [2.24, 2.45) is 0 Å². The molecule has 0 aliphatic carbocycles. The van der Waals surface area contributed by atoms with Gasteiger partial charge in [0.2, 0.25) is 0 Å². The SMILES string of the molecule is CCCCCCCCCCCCCCCCCCc1c[nH]cc1CCCCCCCCCC. The van der Waals surface area contributed by atoms with Crippen LogP contribution in [0.15, 0.2) is 12.4 Å². The predicted molar refractivity (Wildman–Crippen MR) is 150 cm³/mol. The van der Waals surface area contributed by atoms with Gasteiger partial charge >= 0.3 is 0 Å². The lowest BCUT2D eigenvalue weighted by atomic mass is 10.00. The molecule has 0 saturated heterocycles. The van der Waals surface area contributed by atoms with Gasteiger partial charge in [0.15, 0.2) is 0 Å². The summed E-state index contributed by atoms with van der Waals surface area (Å²) in [4.78, 5) is 3.38. The Morgan fingerprint density at radius 3 is 0.879 bits per heavy atom. The van der Waals surface area contributed by atoms with E-state index in [4.69, 9.17) is 0 Å². The number of rotatable bonds is 26. The lowest BCUT2D eigenvalue weighted by Gasteiger charge is -2.06. The van der Waals surface area contributed by atoms with Crippen LogP contribution in [0.25, 0.3) is 0 Å². The molecule has 0 aliphatic rings. The molecule has 1 aromatic rings. The van der Waals surface area contributed by atoms with Crippen LogP contribution in [0, 0.1) is 0 Å². The molecule has 1 rings (SSSR count). The van der Waals surface area contributed by atoms with Gasteiger partial charge in [-0.25, -0.2) is 0 Å². The molecular weight excluding hydrogens is 398 g/mol. The summed E-state index contributed by atoms with van der Waals surface area (Å²) in [6.45, 7) is 4.60. The molecule has 1 heteroatoms. The molecule has 0 saturated carbocycles. The first-order valence-corrected chi connectivity index (χ1v) is 15.5. The zero-order valence-corrected chi connectivity index (χ0v) is 23.0. The topological polar surface area (TPSA) is 15.8 Å². The van der Waals surface area contributed by atoms with Crippen molar-refractivity contribution in [1.29, 1.82) is 0 Å². The third-order valence-corrected chi connectivity index (χ3v) is 7.53. The number of unbranched alkanes of at least 4 members (excludes halogenated alkanes) is 22. The van der Waals surface area contributed by atoms with Crippen LogP contribution in [0.3, 0.4) is 0 Å². The van der Waals surface area contributed by atoms with Crippen molar-refractivity contribution in [2.75, 3.05) is 0 Å². The standard InChI is InChI=1S/C32H61N/c1-3-5-7-9-11-13-14-15-16-17-18-19-20-22-24-26-28-32-30-33-29-31(32)27-25-23-21-12-10-8-6-4-2/h29-30,33H,3-28H2,1-2H3. The zero-order valence-electron chi connectivity index (χ0n) is 23.0. The fourth-order valence-electron chi connectivity index (χ4n) is 5.21. The van der Waals surface area contributed by atoms with Crippen molar-refractivity contribution in [3.8, 4) is 0 Å². The van der Waals surface area contributed by atoms with Gasteiger partial charge in [-0.3, -0.25) is 0 Å². The number of hydrogen-bond donors (Lipinski definition) is 1. The summed E-state index contributed by atoms with van der Waals surface area (Å²) in [5.74, 6) is 0. The summed E-state index contributed by atoms with van der Waals surface area (Å²) in [6, 6.07) is 0. The number of aryl methyl sites for hydroxylation is 2. The normalized spacial score (nSPS) is 11.5. The second kappa shape index (κ2) is 24.4. The Morgan fingerprint density at radius 1 is 0.364 bits per heavy atom. The molecule has 0 fully saturated rings. The van der Waals surface area contributed by atoms with Crippen molar-refractivity contribution in [1.82, 2.24) is 4.98 Å². The lowest BCUT2D eigenvalue weighted by Crippen LogP contribution is -1.92. The Balaban J connectivity index is 1.85. The first kappa shape index (κ1) is 30.3. The molecule has 0 unspecified atom stereocenters. The molecule has 1 nitrogen and oxygen atoms in total. The lowest BCUT2D eigenvalue weighted by molar-refractivity contribution is 0.529. The predicted octanol–water partition coefficient (Wildman–Crippen LogP) is 11.5. The molecule has 0 amide bonds. The summed E-state index contributed by atoms with van der Waals surface area (Å²) < 4.78 is 0. The summed E-state index contributed by atoms with van der Waals surface area (Å²) in [7, 11) is 0. The molecule has 1 heterocycles. The third kappa shape index (κ3) is 19.3. The van der Waals surface area contributed by atoms with E-state index in [1.54, 1.807) is 11.1 Å². The van der Waals surface area contributed by atoms with Crippen LogP contribution in [0.4, 0.5) is 0 Å². The van der Waals surface area contributed by atoms with E-state index in [0.29, 0.717) is 0 Å². The highest BCUT2D eigenvalue weighted by Crippen LogP contribution is 2.18. The largest absolute Gasteiger partial charge is 0.367 e. The molecule has 0 bridgehead atoms. The Hall–Kier alpha value is -0.720. The fourth-order valence-corrected chi connectivity index (χ4v) is 5.21. The van der Waals surface area contributed by atoms with Gasteiger partial charge in [-0.05, 0) is 36.8 Å². The van der Waals surface area contributed by atoms with Crippen molar-refractivity contribution in [2.45, 2.75) is 181 Å². The maximum absolute atomic E-state index is 3.38. The van der Waals surface area contributed by atoms with E-state index in [0.717, 1.165) is 0 Å². The molecule has 0 radical (unpaired) electrons. The highest BCUT2D eigenvalue weighted by Gasteiger charge is 2.04. The summed E-state index contributed by atoms with van der Waals surface area (Å²) in [5.41, 5.74) is 3.20. The quantitative estimate of drug-likeness (QED) is 0.133. The minimum absolute atomic E-state index is 1.28. The van der Waals surface area contributed by atoms with E-state index in [1.807, 2.05) is 0 Å². The van der Waals surface area contributed by atoms with Crippen LogP contribution in [0.1, 0.15) is 179 Å². The van der Waals surface area contributed by atoms with Gasteiger partial charge in [-0.1, -0.05) is 155 Å². The van der Waals surface area contributed by atoms with E-state index < -0.39 is 0 Å². The molecule has 33 heavy (non-hydrogen) atoms. The van der Waals surface area contributed by atoms with Crippen LogP contribution in [0.5, 0.6) is 0 Å². The number of nitrogens with one attached hydrogen (secondary N) is 1. The van der Waals surface area contributed by atoms with Crippen molar-refractivity contribution >= 4 is 0 Å². The maximum Gasteiger partial charge on any atom is 0.00401 e. The first-order valence-electron chi connectivity index (χ1n) is 15.5. The summed E-state index contributed by atoms with van der Waals surface area (Å²) >= 11 is 0. The van der Waals surface area contributed by atoms with Gasteiger partial charge in [0.05, 0.1) is 0 Å². The summed E-state index contributed by atoms with van der Waals surface area (Å²) in [5, 5.41) is 0. The van der Waals surface area contributed by atoms with Crippen LogP contribution in [-0.2, 0) is 12.8 Å². The summed E-state index contributed by atoms with van der Waals surface area (Å²) in [6.07, 6.45) is 41.7. The number of H-pyrrole nitrogens is 1. The fraction of sp³-hybridized carbons (Fsp3) is 0.875. The van der Waals surface area contributed by atoms with Crippen molar-refractivity contribution in [3.05, 3.63) is 23.5 Å². The van der Waals surface area contributed by atoms with Crippen molar-refractivity contribution in [3.63, 3.8) is 0 Å². The molecular formula is C32H61N. The minimum Gasteiger partial charge on any atom is -0.367 e. The van der Waals surface area contributed by atoms with Gasteiger partial charge < -0.3 is 4.98 Å². The molecule has 0 atom stereocenters. The van der Waals surface area contributed by atoms with Gasteiger partial charge in [0.1, 0.15) is 0 Å². The van der Waals surface area contributed by atoms with Gasteiger partial charge in [-0.15, -0.1) is 0 Å². The number of aromatic amines is 1. The first-order chi connectivity index (χ1) is 16.4. The highest BCUT2D eigenvalue weighted by atomic mass is 14.6. The van der Waals surface area contributed by atoms with Crippen LogP contribution < -0.4 is 0 Å². The Morgan fingerprint density at radius 2 is 0.606 bits per heavy atom. The number of aromatic nitrogens is 1. The van der Waals surface area contributed by atoms with Gasteiger partial charge in [0.25, 0.3) is 0 Å². The molecule has 1 aromatic heterocycles. The molecule has 1 N–H and O–H groups in total. The monoisotopic (exact) mass is 459 g/mol. The maximum atomic E-state index is 3.38. The van der Waals surface area contributed by atoms with Crippen LogP contribution >= 0.6 is 0 Å². The highest BCUT2D eigenvalue weighted by molar-refractivity contribution is 5.23. The van der Waals surface area contributed by atoms with E-state index in [2.05, 4.69) is 31.2 Å². The average molecular weight is 460 g/mol. The zero-order chi connectivity index (χ0) is 23.7. The smallest absolute Gasteiger partial charge is 0.00401 e. The Bertz CT molecular complexity index is 488. The number of hydrogen-bond acceptors (Lipinski definition) is 0. The second-order valence-corrected chi connectivity index (χ2v) is 10.8. The molecule has 0 aromatic carbocycles. The van der Waals surface area contributed by atoms with Gasteiger partial charge in [0, 0.05) is 12.4 Å². The van der Waals surface area contributed by atoms with E-state index >= 15 is 0 Å². The van der Waals surface area contributed by atoms with Crippen molar-refractivity contribution < 1.29 is 0 Å². The average Bonchev–Trinajstić information content (AvgIpc) is 3.27. The van der Waals surface area contributed by atoms with Crippen LogP contribution in [0.2, 0.25) is 0 Å². The van der Waals surface area contributed by atoms with Gasteiger partial charge in [-0.2, -0.15) is 0 Å². The molecule has 0 aliphatic heterocycles. The minimum atomic E-state index is 1.28. The molecule has 194 valence electrons. The van der Waals surface area contributed by atoms with E-state index in [-0.39, 0.29) is 0 Å². The Kier molecular flexibility index (Phi) is 22.4. The van der Waals surface area contributed by atoms with E-state index in [1.165, 1.54) is 167 Å².